The molecule has 6 nitrogen and oxygen atoms in total. The number of ether oxygens (including phenoxy) is 1. The van der Waals surface area contributed by atoms with E-state index in [2.05, 4.69) is 52.4 Å². The molecule has 144 valence electrons. The number of piperazine rings is 1. The van der Waals surface area contributed by atoms with Gasteiger partial charge in [0.1, 0.15) is 0 Å². The largest absolute Gasteiger partial charge is 0.372 e. The predicted molar refractivity (Wildman–Crippen MR) is 105 cm³/mol. The summed E-state index contributed by atoms with van der Waals surface area (Å²) in [6.45, 7) is 13.0. The highest BCUT2D eigenvalue weighted by molar-refractivity contribution is 5.74. The van der Waals surface area contributed by atoms with Gasteiger partial charge in [-0.05, 0) is 32.9 Å². The summed E-state index contributed by atoms with van der Waals surface area (Å²) >= 11 is 0. The molecule has 0 spiro atoms. The highest BCUT2D eigenvalue weighted by Gasteiger charge is 2.30. The summed E-state index contributed by atoms with van der Waals surface area (Å²) in [5.74, 6) is 0. The summed E-state index contributed by atoms with van der Waals surface area (Å²) in [5, 5.41) is 3.11. The Morgan fingerprint density at radius 1 is 1.15 bits per heavy atom. The molecule has 2 saturated heterocycles. The fourth-order valence-electron chi connectivity index (χ4n) is 3.73. The summed E-state index contributed by atoms with van der Waals surface area (Å²) in [6, 6.07) is 10.9. The number of hydrogen-bond acceptors (Lipinski definition) is 4. The van der Waals surface area contributed by atoms with Crippen LogP contribution in [-0.4, -0.2) is 79.9 Å². The van der Waals surface area contributed by atoms with Gasteiger partial charge < -0.3 is 19.9 Å². The molecule has 0 aliphatic carbocycles. The molecule has 6 heteroatoms. The van der Waals surface area contributed by atoms with E-state index in [-0.39, 0.29) is 11.6 Å². The molecule has 2 aliphatic heterocycles. The molecule has 1 unspecified atom stereocenters. The van der Waals surface area contributed by atoms with Crippen molar-refractivity contribution in [2.24, 2.45) is 0 Å². The van der Waals surface area contributed by atoms with Crippen LogP contribution < -0.4 is 10.2 Å². The SMILES string of the molecule is CC(CNC(=O)N1CCOC(C)(C)C1)N1CCN(c2ccccc2)CC1. The maximum Gasteiger partial charge on any atom is 0.317 e. The minimum absolute atomic E-state index is 0.0242. The molecule has 2 aliphatic rings. The number of nitrogens with zero attached hydrogens (tertiary/aromatic N) is 3. The molecule has 1 aromatic carbocycles. The molecule has 2 fully saturated rings. The zero-order chi connectivity index (χ0) is 18.6. The second-order valence-electron chi connectivity index (χ2n) is 7.92. The van der Waals surface area contributed by atoms with Crippen molar-refractivity contribution in [3.63, 3.8) is 0 Å². The number of amides is 2. The van der Waals surface area contributed by atoms with Crippen molar-refractivity contribution in [2.45, 2.75) is 32.4 Å². The fourth-order valence-corrected chi connectivity index (χ4v) is 3.73. The minimum atomic E-state index is -0.255. The number of carbonyl (C=O) groups excluding carboxylic acids is 1. The Morgan fingerprint density at radius 2 is 1.85 bits per heavy atom. The Hall–Kier alpha value is -1.79. The monoisotopic (exact) mass is 360 g/mol. The smallest absolute Gasteiger partial charge is 0.317 e. The third kappa shape index (κ3) is 4.89. The number of urea groups is 1. The van der Waals surface area contributed by atoms with Crippen LogP contribution in [0.2, 0.25) is 0 Å². The first-order chi connectivity index (χ1) is 12.4. The average Bonchev–Trinajstić information content (AvgIpc) is 2.66. The lowest BCUT2D eigenvalue weighted by molar-refractivity contribution is -0.0734. The van der Waals surface area contributed by atoms with E-state index in [1.165, 1.54) is 5.69 Å². The van der Waals surface area contributed by atoms with Gasteiger partial charge in [-0.25, -0.2) is 4.79 Å². The molecule has 1 N–H and O–H groups in total. The van der Waals surface area contributed by atoms with E-state index in [1.807, 2.05) is 18.7 Å². The first-order valence-electron chi connectivity index (χ1n) is 9.65. The fraction of sp³-hybridized carbons (Fsp3) is 0.650. The molecule has 26 heavy (non-hydrogen) atoms. The van der Waals surface area contributed by atoms with Gasteiger partial charge in [0.25, 0.3) is 0 Å². The number of carbonyl (C=O) groups is 1. The molecule has 3 rings (SSSR count). The molecule has 0 aromatic heterocycles. The van der Waals surface area contributed by atoms with Crippen LogP contribution in [0.15, 0.2) is 30.3 Å². The number of hydrogen-bond donors (Lipinski definition) is 1. The van der Waals surface area contributed by atoms with Crippen LogP contribution in [0.25, 0.3) is 0 Å². The van der Waals surface area contributed by atoms with Gasteiger partial charge in [-0.1, -0.05) is 18.2 Å². The molecule has 1 aromatic rings. The second-order valence-corrected chi connectivity index (χ2v) is 7.92. The third-order valence-corrected chi connectivity index (χ3v) is 5.32. The van der Waals surface area contributed by atoms with Gasteiger partial charge in [-0.15, -0.1) is 0 Å². The molecule has 2 heterocycles. The van der Waals surface area contributed by atoms with Crippen LogP contribution in [0.4, 0.5) is 10.5 Å². The van der Waals surface area contributed by atoms with Crippen molar-refractivity contribution < 1.29 is 9.53 Å². The number of benzene rings is 1. The van der Waals surface area contributed by atoms with Crippen molar-refractivity contribution in [3.8, 4) is 0 Å². The maximum absolute atomic E-state index is 12.4. The lowest BCUT2D eigenvalue weighted by atomic mass is 10.1. The molecule has 0 bridgehead atoms. The van der Waals surface area contributed by atoms with Crippen LogP contribution in [-0.2, 0) is 4.74 Å². The first-order valence-corrected chi connectivity index (χ1v) is 9.65. The maximum atomic E-state index is 12.4. The predicted octanol–water partition coefficient (Wildman–Crippen LogP) is 2.02. The van der Waals surface area contributed by atoms with E-state index in [4.69, 9.17) is 4.74 Å². The van der Waals surface area contributed by atoms with Crippen LogP contribution in [0.1, 0.15) is 20.8 Å². The van der Waals surface area contributed by atoms with Gasteiger partial charge in [0.05, 0.1) is 18.8 Å². The zero-order valence-corrected chi connectivity index (χ0v) is 16.3. The van der Waals surface area contributed by atoms with Crippen molar-refractivity contribution >= 4 is 11.7 Å². The topological polar surface area (TPSA) is 48.1 Å². The highest BCUT2D eigenvalue weighted by Crippen LogP contribution is 2.17. The molecule has 1 atom stereocenters. The summed E-state index contributed by atoms with van der Waals surface area (Å²) in [7, 11) is 0. The van der Waals surface area contributed by atoms with E-state index >= 15 is 0 Å². The molecule has 0 saturated carbocycles. The standard InChI is InChI=1S/C20H32N4O2/c1-17(15-21-19(25)24-13-14-26-20(2,3)16-24)22-9-11-23(12-10-22)18-7-5-4-6-8-18/h4-8,17H,9-16H2,1-3H3,(H,21,25). The highest BCUT2D eigenvalue weighted by atomic mass is 16.5. The van der Waals surface area contributed by atoms with Gasteiger partial charge in [-0.2, -0.15) is 0 Å². The van der Waals surface area contributed by atoms with E-state index < -0.39 is 0 Å². The van der Waals surface area contributed by atoms with Gasteiger partial charge in [0, 0.05) is 51.0 Å². The number of rotatable bonds is 4. The van der Waals surface area contributed by atoms with Crippen LogP contribution in [0.3, 0.4) is 0 Å². The van der Waals surface area contributed by atoms with Crippen LogP contribution >= 0.6 is 0 Å². The molecule has 0 radical (unpaired) electrons. The zero-order valence-electron chi connectivity index (χ0n) is 16.3. The number of para-hydroxylation sites is 1. The van der Waals surface area contributed by atoms with Gasteiger partial charge >= 0.3 is 6.03 Å². The summed E-state index contributed by atoms with van der Waals surface area (Å²) in [5.41, 5.74) is 1.04. The first kappa shape index (κ1) is 19.0. The summed E-state index contributed by atoms with van der Waals surface area (Å²) in [4.78, 5) is 19.2. The number of anilines is 1. The van der Waals surface area contributed by atoms with Crippen molar-refractivity contribution in [1.29, 1.82) is 0 Å². The Kier molecular flexibility index (Phi) is 6.04. The Bertz CT molecular complexity index is 585. The van der Waals surface area contributed by atoms with Gasteiger partial charge in [0.2, 0.25) is 0 Å². The Labute approximate surface area is 157 Å². The van der Waals surface area contributed by atoms with E-state index in [0.29, 0.717) is 32.3 Å². The van der Waals surface area contributed by atoms with Gasteiger partial charge in [-0.3, -0.25) is 4.90 Å². The third-order valence-electron chi connectivity index (χ3n) is 5.32. The lowest BCUT2D eigenvalue weighted by Crippen LogP contribution is -2.56. The van der Waals surface area contributed by atoms with Crippen LogP contribution in [0, 0.1) is 0 Å². The van der Waals surface area contributed by atoms with E-state index in [0.717, 1.165) is 26.2 Å². The summed E-state index contributed by atoms with van der Waals surface area (Å²) < 4.78 is 5.68. The molecule has 2 amide bonds. The van der Waals surface area contributed by atoms with E-state index in [1.54, 1.807) is 0 Å². The van der Waals surface area contributed by atoms with Crippen molar-refractivity contribution in [3.05, 3.63) is 30.3 Å². The average molecular weight is 361 g/mol. The van der Waals surface area contributed by atoms with Gasteiger partial charge in [0.15, 0.2) is 0 Å². The summed E-state index contributed by atoms with van der Waals surface area (Å²) in [6.07, 6.45) is 0. The second kappa shape index (κ2) is 8.27. The van der Waals surface area contributed by atoms with E-state index in [9.17, 15) is 4.79 Å². The van der Waals surface area contributed by atoms with Crippen molar-refractivity contribution in [1.82, 2.24) is 15.1 Å². The Balaban J connectivity index is 1.41. The Morgan fingerprint density at radius 3 is 2.50 bits per heavy atom. The molecular weight excluding hydrogens is 328 g/mol. The van der Waals surface area contributed by atoms with Crippen molar-refractivity contribution in [2.75, 3.05) is 57.3 Å². The lowest BCUT2D eigenvalue weighted by Gasteiger charge is -2.40. The normalized spacial score (nSPS) is 22.1. The quantitative estimate of drug-likeness (QED) is 0.892. The number of morpholine rings is 1. The molecular formula is C20H32N4O2. The number of nitrogens with one attached hydrogen (secondary N) is 1. The van der Waals surface area contributed by atoms with Crippen LogP contribution in [0.5, 0.6) is 0 Å². The minimum Gasteiger partial charge on any atom is -0.372 e.